The SMILES string of the molecule is CC(=O)NCCNC(=O)c1cccc(CBr)c1. The minimum Gasteiger partial charge on any atom is -0.355 e. The van der Waals surface area contributed by atoms with Gasteiger partial charge in [0.1, 0.15) is 0 Å². The van der Waals surface area contributed by atoms with Crippen molar-refractivity contribution in [1.82, 2.24) is 10.6 Å². The average molecular weight is 299 g/mol. The molecule has 92 valence electrons. The van der Waals surface area contributed by atoms with E-state index in [-0.39, 0.29) is 11.8 Å². The van der Waals surface area contributed by atoms with Gasteiger partial charge in [0.05, 0.1) is 0 Å². The zero-order chi connectivity index (χ0) is 12.7. The standard InChI is InChI=1S/C12H15BrN2O2/c1-9(16)14-5-6-15-12(17)11-4-2-3-10(7-11)8-13/h2-4,7H,5-6,8H2,1H3,(H,14,16)(H,15,17). The Morgan fingerprint density at radius 2 is 1.94 bits per heavy atom. The molecule has 4 nitrogen and oxygen atoms in total. The van der Waals surface area contributed by atoms with Crippen LogP contribution in [0.25, 0.3) is 0 Å². The fourth-order valence-corrected chi connectivity index (χ4v) is 1.66. The van der Waals surface area contributed by atoms with Gasteiger partial charge in [-0.05, 0) is 17.7 Å². The van der Waals surface area contributed by atoms with Crippen molar-refractivity contribution in [3.8, 4) is 0 Å². The molecule has 0 saturated carbocycles. The van der Waals surface area contributed by atoms with Crippen LogP contribution in [0.15, 0.2) is 24.3 Å². The van der Waals surface area contributed by atoms with E-state index in [2.05, 4.69) is 26.6 Å². The van der Waals surface area contributed by atoms with Crippen molar-refractivity contribution in [3.05, 3.63) is 35.4 Å². The fraction of sp³-hybridized carbons (Fsp3) is 0.333. The first-order valence-corrected chi connectivity index (χ1v) is 6.43. The largest absolute Gasteiger partial charge is 0.355 e. The number of alkyl halides is 1. The zero-order valence-electron chi connectivity index (χ0n) is 9.63. The number of halogens is 1. The number of nitrogens with one attached hydrogen (secondary N) is 2. The van der Waals surface area contributed by atoms with E-state index < -0.39 is 0 Å². The normalized spacial score (nSPS) is 9.76. The summed E-state index contributed by atoms with van der Waals surface area (Å²) >= 11 is 3.34. The van der Waals surface area contributed by atoms with Gasteiger partial charge in [0.2, 0.25) is 5.91 Å². The van der Waals surface area contributed by atoms with Crippen LogP contribution in [0.3, 0.4) is 0 Å². The molecule has 0 saturated heterocycles. The summed E-state index contributed by atoms with van der Waals surface area (Å²) < 4.78 is 0. The summed E-state index contributed by atoms with van der Waals surface area (Å²) in [4.78, 5) is 22.3. The molecule has 0 atom stereocenters. The monoisotopic (exact) mass is 298 g/mol. The number of benzene rings is 1. The molecule has 0 heterocycles. The van der Waals surface area contributed by atoms with E-state index in [9.17, 15) is 9.59 Å². The molecule has 17 heavy (non-hydrogen) atoms. The third-order valence-corrected chi connectivity index (χ3v) is 2.78. The second-order valence-electron chi connectivity index (χ2n) is 3.57. The van der Waals surface area contributed by atoms with Gasteiger partial charge >= 0.3 is 0 Å². The predicted molar refractivity (Wildman–Crippen MR) is 70.1 cm³/mol. The molecule has 0 spiro atoms. The molecule has 0 aromatic heterocycles. The Balaban J connectivity index is 2.43. The molecule has 5 heteroatoms. The van der Waals surface area contributed by atoms with Crippen LogP contribution in [-0.2, 0) is 10.1 Å². The van der Waals surface area contributed by atoms with E-state index in [0.29, 0.717) is 18.7 Å². The lowest BCUT2D eigenvalue weighted by atomic mass is 10.1. The molecule has 0 unspecified atom stereocenters. The van der Waals surface area contributed by atoms with Crippen molar-refractivity contribution in [3.63, 3.8) is 0 Å². The highest BCUT2D eigenvalue weighted by Gasteiger charge is 2.04. The van der Waals surface area contributed by atoms with E-state index in [1.165, 1.54) is 6.92 Å². The molecule has 0 aliphatic heterocycles. The highest BCUT2D eigenvalue weighted by atomic mass is 79.9. The number of carbonyl (C=O) groups is 2. The van der Waals surface area contributed by atoms with Crippen molar-refractivity contribution in [2.75, 3.05) is 13.1 Å². The van der Waals surface area contributed by atoms with Crippen LogP contribution in [0.1, 0.15) is 22.8 Å². The maximum absolute atomic E-state index is 11.7. The van der Waals surface area contributed by atoms with E-state index in [1.807, 2.05) is 18.2 Å². The van der Waals surface area contributed by atoms with E-state index >= 15 is 0 Å². The molecule has 1 rings (SSSR count). The molecule has 1 aromatic rings. The molecule has 0 aliphatic carbocycles. The quantitative estimate of drug-likeness (QED) is 0.638. The van der Waals surface area contributed by atoms with E-state index in [4.69, 9.17) is 0 Å². The second-order valence-corrected chi connectivity index (χ2v) is 4.13. The van der Waals surface area contributed by atoms with Crippen molar-refractivity contribution in [2.45, 2.75) is 12.3 Å². The molecular formula is C12H15BrN2O2. The number of hydrogen-bond acceptors (Lipinski definition) is 2. The Labute approximate surface area is 109 Å². The summed E-state index contributed by atoms with van der Waals surface area (Å²) in [6, 6.07) is 7.39. The van der Waals surface area contributed by atoms with Crippen LogP contribution < -0.4 is 10.6 Å². The number of amides is 2. The highest BCUT2D eigenvalue weighted by Crippen LogP contribution is 2.08. The first-order chi connectivity index (χ1) is 8.13. The summed E-state index contributed by atoms with van der Waals surface area (Å²) in [5.74, 6) is -0.223. The Kier molecular flexibility index (Phi) is 5.69. The first kappa shape index (κ1) is 13.7. The van der Waals surface area contributed by atoms with Gasteiger partial charge in [-0.25, -0.2) is 0 Å². The minimum absolute atomic E-state index is 0.0967. The van der Waals surface area contributed by atoms with E-state index in [0.717, 1.165) is 10.9 Å². The number of rotatable bonds is 5. The summed E-state index contributed by atoms with van der Waals surface area (Å²) in [5, 5.41) is 6.07. The molecule has 1 aromatic carbocycles. The van der Waals surface area contributed by atoms with Crippen LogP contribution in [0.5, 0.6) is 0 Å². The molecule has 0 fully saturated rings. The Morgan fingerprint density at radius 3 is 2.59 bits per heavy atom. The third-order valence-electron chi connectivity index (χ3n) is 2.13. The summed E-state index contributed by atoms with van der Waals surface area (Å²) in [6.07, 6.45) is 0. The average Bonchev–Trinajstić information content (AvgIpc) is 2.34. The van der Waals surface area contributed by atoms with Crippen LogP contribution in [0.2, 0.25) is 0 Å². The lowest BCUT2D eigenvalue weighted by Gasteiger charge is -2.06. The topological polar surface area (TPSA) is 58.2 Å². The lowest BCUT2D eigenvalue weighted by molar-refractivity contribution is -0.118. The van der Waals surface area contributed by atoms with Crippen molar-refractivity contribution in [1.29, 1.82) is 0 Å². The molecule has 2 amide bonds. The number of carbonyl (C=O) groups excluding carboxylic acids is 2. The third kappa shape index (κ3) is 4.99. The van der Waals surface area contributed by atoms with Gasteiger partial charge in [0.15, 0.2) is 0 Å². The zero-order valence-corrected chi connectivity index (χ0v) is 11.2. The van der Waals surface area contributed by atoms with Crippen LogP contribution >= 0.6 is 15.9 Å². The highest BCUT2D eigenvalue weighted by molar-refractivity contribution is 9.08. The fourth-order valence-electron chi connectivity index (χ4n) is 1.31. The van der Waals surface area contributed by atoms with Gasteiger partial charge in [-0.1, -0.05) is 28.1 Å². The molecule has 2 N–H and O–H groups in total. The molecule has 0 radical (unpaired) electrons. The Morgan fingerprint density at radius 1 is 1.24 bits per heavy atom. The molecule has 0 aliphatic rings. The minimum atomic E-state index is -0.127. The van der Waals surface area contributed by atoms with Crippen LogP contribution in [0, 0.1) is 0 Å². The van der Waals surface area contributed by atoms with Crippen molar-refractivity contribution >= 4 is 27.7 Å². The summed E-state index contributed by atoms with van der Waals surface area (Å²) in [7, 11) is 0. The van der Waals surface area contributed by atoms with Gasteiger partial charge in [-0.3, -0.25) is 9.59 Å². The summed E-state index contributed by atoms with van der Waals surface area (Å²) in [5.41, 5.74) is 1.68. The van der Waals surface area contributed by atoms with Gasteiger partial charge in [0.25, 0.3) is 5.91 Å². The molecular weight excluding hydrogens is 284 g/mol. The van der Waals surface area contributed by atoms with Crippen LogP contribution in [-0.4, -0.2) is 24.9 Å². The van der Waals surface area contributed by atoms with Crippen molar-refractivity contribution < 1.29 is 9.59 Å². The summed E-state index contributed by atoms with van der Waals surface area (Å²) in [6.45, 7) is 2.32. The maximum atomic E-state index is 11.7. The Bertz CT molecular complexity index is 407. The van der Waals surface area contributed by atoms with Gasteiger partial charge in [-0.15, -0.1) is 0 Å². The second kappa shape index (κ2) is 7.06. The number of hydrogen-bond donors (Lipinski definition) is 2. The van der Waals surface area contributed by atoms with Crippen LogP contribution in [0.4, 0.5) is 0 Å². The van der Waals surface area contributed by atoms with Crippen molar-refractivity contribution in [2.24, 2.45) is 0 Å². The predicted octanol–water partition coefficient (Wildman–Crippen LogP) is 1.45. The van der Waals surface area contributed by atoms with Gasteiger partial charge in [-0.2, -0.15) is 0 Å². The molecule has 0 bridgehead atoms. The first-order valence-electron chi connectivity index (χ1n) is 5.31. The Hall–Kier alpha value is -1.36. The van der Waals surface area contributed by atoms with Gasteiger partial charge < -0.3 is 10.6 Å². The maximum Gasteiger partial charge on any atom is 0.251 e. The van der Waals surface area contributed by atoms with Gasteiger partial charge in [0, 0.05) is 30.9 Å². The smallest absolute Gasteiger partial charge is 0.251 e. The lowest BCUT2D eigenvalue weighted by Crippen LogP contribution is -2.33. The van der Waals surface area contributed by atoms with E-state index in [1.54, 1.807) is 6.07 Å².